The molecule has 1 aromatic carbocycles. The van der Waals surface area contributed by atoms with E-state index in [2.05, 4.69) is 18.8 Å². The van der Waals surface area contributed by atoms with Crippen LogP contribution < -0.4 is 16.1 Å². The number of nitrogens with one attached hydrogen (secondary N) is 1. The molecule has 0 fully saturated rings. The van der Waals surface area contributed by atoms with Gasteiger partial charge in [-0.3, -0.25) is 19.1 Å². The van der Waals surface area contributed by atoms with Crippen LogP contribution in [0.15, 0.2) is 46.1 Å². The van der Waals surface area contributed by atoms with Crippen LogP contribution in [0.1, 0.15) is 25.3 Å². The molecule has 1 aromatic heterocycles. The van der Waals surface area contributed by atoms with Crippen molar-refractivity contribution >= 4 is 11.6 Å². The molecule has 1 amide bonds. The van der Waals surface area contributed by atoms with Gasteiger partial charge in [0.1, 0.15) is 6.54 Å². The van der Waals surface area contributed by atoms with E-state index in [0.717, 1.165) is 11.3 Å². The molecule has 6 nitrogen and oxygen atoms in total. The SMILES string of the molecule is CC(C)c1cccc(N(C)C(=O)Cn2ccc(=O)[nH]c2=O)c1. The van der Waals surface area contributed by atoms with Crippen LogP contribution in [0, 0.1) is 0 Å². The van der Waals surface area contributed by atoms with Crippen LogP contribution in [0.3, 0.4) is 0 Å². The molecule has 0 aliphatic rings. The molecular formula is C16H19N3O3. The summed E-state index contributed by atoms with van der Waals surface area (Å²) in [5.41, 5.74) is 0.837. The van der Waals surface area contributed by atoms with Crippen molar-refractivity contribution in [2.24, 2.45) is 0 Å². The van der Waals surface area contributed by atoms with Crippen molar-refractivity contribution in [3.63, 3.8) is 0 Å². The lowest BCUT2D eigenvalue weighted by Crippen LogP contribution is -2.36. The van der Waals surface area contributed by atoms with Crippen LogP contribution in [-0.2, 0) is 11.3 Å². The number of H-pyrrole nitrogens is 1. The van der Waals surface area contributed by atoms with Gasteiger partial charge >= 0.3 is 5.69 Å². The van der Waals surface area contributed by atoms with E-state index in [1.807, 2.05) is 24.3 Å². The number of hydrogen-bond acceptors (Lipinski definition) is 3. The van der Waals surface area contributed by atoms with Crippen LogP contribution >= 0.6 is 0 Å². The fourth-order valence-corrected chi connectivity index (χ4v) is 2.06. The highest BCUT2D eigenvalue weighted by Gasteiger charge is 2.13. The Hall–Kier alpha value is -2.63. The quantitative estimate of drug-likeness (QED) is 0.925. The van der Waals surface area contributed by atoms with E-state index in [4.69, 9.17) is 0 Å². The lowest BCUT2D eigenvalue weighted by Gasteiger charge is -2.19. The summed E-state index contributed by atoms with van der Waals surface area (Å²) in [5.74, 6) is 0.125. The summed E-state index contributed by atoms with van der Waals surface area (Å²) in [4.78, 5) is 38.6. The molecule has 2 aromatic rings. The molecule has 1 N–H and O–H groups in total. The monoisotopic (exact) mass is 301 g/mol. The molecule has 6 heteroatoms. The number of nitrogens with zero attached hydrogens (tertiary/aromatic N) is 2. The molecule has 0 spiro atoms. The van der Waals surface area contributed by atoms with Crippen molar-refractivity contribution in [3.05, 3.63) is 62.9 Å². The number of aromatic amines is 1. The molecule has 0 aliphatic heterocycles. The molecule has 0 atom stereocenters. The molecule has 0 saturated carbocycles. The fraction of sp³-hybridized carbons (Fsp3) is 0.312. The minimum atomic E-state index is -0.592. The Kier molecular flexibility index (Phi) is 4.60. The maximum absolute atomic E-state index is 12.3. The van der Waals surface area contributed by atoms with Gasteiger partial charge in [-0.2, -0.15) is 0 Å². The standard InChI is InChI=1S/C16H19N3O3/c1-11(2)12-5-4-6-13(9-12)18(3)15(21)10-19-8-7-14(20)17-16(19)22/h4-9,11H,10H2,1-3H3,(H,17,20,22). The Morgan fingerprint density at radius 1 is 1.27 bits per heavy atom. The number of anilines is 1. The van der Waals surface area contributed by atoms with E-state index in [1.165, 1.54) is 21.7 Å². The largest absolute Gasteiger partial charge is 0.328 e. The normalized spacial score (nSPS) is 10.7. The third-order valence-corrected chi connectivity index (χ3v) is 3.50. The summed E-state index contributed by atoms with van der Waals surface area (Å²) in [6, 6.07) is 8.94. The molecular weight excluding hydrogens is 282 g/mol. The Balaban J connectivity index is 2.20. The van der Waals surface area contributed by atoms with Gasteiger partial charge in [0.05, 0.1) is 0 Å². The van der Waals surface area contributed by atoms with Gasteiger partial charge in [-0.25, -0.2) is 4.79 Å². The Labute approximate surface area is 128 Å². The number of hydrogen-bond donors (Lipinski definition) is 1. The fourth-order valence-electron chi connectivity index (χ4n) is 2.06. The minimum Gasteiger partial charge on any atom is -0.314 e. The van der Waals surface area contributed by atoms with E-state index < -0.39 is 11.2 Å². The van der Waals surface area contributed by atoms with Crippen molar-refractivity contribution in [2.45, 2.75) is 26.3 Å². The summed E-state index contributed by atoms with van der Waals surface area (Å²) in [6.07, 6.45) is 1.32. The van der Waals surface area contributed by atoms with E-state index in [0.29, 0.717) is 5.92 Å². The lowest BCUT2D eigenvalue weighted by atomic mass is 10.0. The zero-order chi connectivity index (χ0) is 16.3. The summed E-state index contributed by atoms with van der Waals surface area (Å²) in [7, 11) is 1.67. The first-order valence-electron chi connectivity index (χ1n) is 7.05. The van der Waals surface area contributed by atoms with Crippen LogP contribution in [0.4, 0.5) is 5.69 Å². The molecule has 1 heterocycles. The Bertz CT molecular complexity index is 789. The van der Waals surface area contributed by atoms with Gasteiger partial charge < -0.3 is 4.90 Å². The van der Waals surface area contributed by atoms with Gasteiger partial charge in [0.25, 0.3) is 5.56 Å². The van der Waals surface area contributed by atoms with Crippen LogP contribution in [-0.4, -0.2) is 22.5 Å². The predicted octanol–water partition coefficient (Wildman–Crippen LogP) is 1.32. The number of rotatable bonds is 4. The van der Waals surface area contributed by atoms with Crippen molar-refractivity contribution < 1.29 is 4.79 Å². The van der Waals surface area contributed by atoms with Crippen molar-refractivity contribution in [1.29, 1.82) is 0 Å². The second kappa shape index (κ2) is 6.43. The van der Waals surface area contributed by atoms with Crippen molar-refractivity contribution in [2.75, 3.05) is 11.9 Å². The number of carbonyl (C=O) groups is 1. The topological polar surface area (TPSA) is 75.2 Å². The maximum atomic E-state index is 12.3. The second-order valence-electron chi connectivity index (χ2n) is 5.44. The molecule has 0 aliphatic carbocycles. The van der Waals surface area contributed by atoms with Gasteiger partial charge in [-0.15, -0.1) is 0 Å². The van der Waals surface area contributed by atoms with Crippen LogP contribution in [0.25, 0.3) is 0 Å². The highest BCUT2D eigenvalue weighted by Crippen LogP contribution is 2.21. The van der Waals surface area contributed by atoms with Crippen LogP contribution in [0.2, 0.25) is 0 Å². The number of benzene rings is 1. The van der Waals surface area contributed by atoms with Gasteiger partial charge in [0, 0.05) is 25.0 Å². The Morgan fingerprint density at radius 2 is 2.00 bits per heavy atom. The highest BCUT2D eigenvalue weighted by molar-refractivity contribution is 5.92. The molecule has 0 unspecified atom stereocenters. The summed E-state index contributed by atoms with van der Waals surface area (Å²) >= 11 is 0. The molecule has 0 saturated heterocycles. The summed E-state index contributed by atoms with van der Waals surface area (Å²) in [6.45, 7) is 4.04. The number of likely N-dealkylation sites (N-methyl/N-ethyl adjacent to an activating group) is 1. The summed E-state index contributed by atoms with van der Waals surface area (Å²) in [5, 5.41) is 0. The average Bonchev–Trinajstić information content (AvgIpc) is 2.49. The minimum absolute atomic E-state index is 0.127. The van der Waals surface area contributed by atoms with Gasteiger partial charge in [0.2, 0.25) is 5.91 Å². The van der Waals surface area contributed by atoms with E-state index in [9.17, 15) is 14.4 Å². The highest BCUT2D eigenvalue weighted by atomic mass is 16.2. The van der Waals surface area contributed by atoms with Gasteiger partial charge in [-0.05, 0) is 23.6 Å². The molecule has 116 valence electrons. The lowest BCUT2D eigenvalue weighted by molar-refractivity contribution is -0.118. The number of aromatic nitrogens is 2. The molecule has 22 heavy (non-hydrogen) atoms. The van der Waals surface area contributed by atoms with Crippen LogP contribution in [0.5, 0.6) is 0 Å². The van der Waals surface area contributed by atoms with Gasteiger partial charge in [0.15, 0.2) is 0 Å². The zero-order valence-electron chi connectivity index (χ0n) is 12.9. The molecule has 2 rings (SSSR count). The van der Waals surface area contributed by atoms with E-state index >= 15 is 0 Å². The third kappa shape index (κ3) is 3.52. The van der Waals surface area contributed by atoms with Crippen molar-refractivity contribution in [3.8, 4) is 0 Å². The molecule has 0 bridgehead atoms. The Morgan fingerprint density at radius 3 is 2.64 bits per heavy atom. The third-order valence-electron chi connectivity index (χ3n) is 3.50. The van der Waals surface area contributed by atoms with E-state index in [1.54, 1.807) is 7.05 Å². The van der Waals surface area contributed by atoms with Gasteiger partial charge in [-0.1, -0.05) is 26.0 Å². The van der Waals surface area contributed by atoms with Crippen molar-refractivity contribution in [1.82, 2.24) is 9.55 Å². The summed E-state index contributed by atoms with van der Waals surface area (Å²) < 4.78 is 1.17. The maximum Gasteiger partial charge on any atom is 0.328 e. The first kappa shape index (κ1) is 15.8. The number of amides is 1. The zero-order valence-corrected chi connectivity index (χ0v) is 12.9. The smallest absolute Gasteiger partial charge is 0.314 e. The molecule has 0 radical (unpaired) electrons. The first-order chi connectivity index (χ1) is 10.4. The van der Waals surface area contributed by atoms with E-state index in [-0.39, 0.29) is 12.5 Å². The average molecular weight is 301 g/mol. The predicted molar refractivity (Wildman–Crippen MR) is 85.3 cm³/mol. The first-order valence-corrected chi connectivity index (χ1v) is 7.05. The second-order valence-corrected chi connectivity index (χ2v) is 5.44. The number of carbonyl (C=O) groups excluding carboxylic acids is 1.